The number of hydrogen-bond acceptors (Lipinski definition) is 6. The van der Waals surface area contributed by atoms with Gasteiger partial charge in [0.15, 0.2) is 0 Å². The third-order valence-corrected chi connectivity index (χ3v) is 7.25. The lowest BCUT2D eigenvalue weighted by atomic mass is 9.97. The molecule has 2 aliphatic heterocycles. The number of thiophene rings is 1. The molecule has 0 spiro atoms. The lowest BCUT2D eigenvalue weighted by Gasteiger charge is -2.36. The quantitative estimate of drug-likeness (QED) is 0.828. The predicted molar refractivity (Wildman–Crippen MR) is 106 cm³/mol. The van der Waals surface area contributed by atoms with Gasteiger partial charge in [0.05, 0.1) is 11.5 Å². The van der Waals surface area contributed by atoms with Crippen molar-refractivity contribution in [2.75, 3.05) is 44.2 Å². The van der Waals surface area contributed by atoms with Crippen LogP contribution in [0.25, 0.3) is 10.2 Å². The highest BCUT2D eigenvalue weighted by atomic mass is 32.1. The fourth-order valence-electron chi connectivity index (χ4n) is 4.69. The average molecular weight is 373 g/mol. The third kappa shape index (κ3) is 3.12. The molecule has 26 heavy (non-hydrogen) atoms. The van der Waals surface area contributed by atoms with Gasteiger partial charge >= 0.3 is 0 Å². The molecule has 0 amide bonds. The lowest BCUT2D eigenvalue weighted by molar-refractivity contribution is 0.0712. The third-order valence-electron chi connectivity index (χ3n) is 6.07. The van der Waals surface area contributed by atoms with Crippen molar-refractivity contribution >= 4 is 27.4 Å². The summed E-state index contributed by atoms with van der Waals surface area (Å²) in [6.45, 7) is 8.42. The molecule has 1 atom stereocenters. The van der Waals surface area contributed by atoms with E-state index in [-0.39, 0.29) is 0 Å². The van der Waals surface area contributed by atoms with Gasteiger partial charge in [-0.2, -0.15) is 0 Å². The van der Waals surface area contributed by atoms with E-state index in [0.29, 0.717) is 6.10 Å². The highest BCUT2D eigenvalue weighted by Gasteiger charge is 2.27. The zero-order valence-corrected chi connectivity index (χ0v) is 16.5. The fourth-order valence-corrected chi connectivity index (χ4v) is 5.99. The first-order chi connectivity index (χ1) is 12.8. The van der Waals surface area contributed by atoms with Crippen LogP contribution in [0.15, 0.2) is 0 Å². The van der Waals surface area contributed by atoms with Gasteiger partial charge in [-0.15, -0.1) is 11.3 Å². The summed E-state index contributed by atoms with van der Waals surface area (Å²) in [5, 5.41) is 1.36. The number of nitrogens with zero attached hydrogens (tertiary/aromatic N) is 4. The Labute approximate surface area is 159 Å². The lowest BCUT2D eigenvalue weighted by Crippen LogP contribution is -2.48. The van der Waals surface area contributed by atoms with Crippen LogP contribution >= 0.6 is 11.3 Å². The second kappa shape index (κ2) is 7.06. The molecule has 2 aromatic rings. The summed E-state index contributed by atoms with van der Waals surface area (Å²) in [4.78, 5) is 17.5. The van der Waals surface area contributed by atoms with Crippen LogP contribution in [0.3, 0.4) is 0 Å². The largest absolute Gasteiger partial charge is 0.377 e. The highest BCUT2D eigenvalue weighted by Crippen LogP contribution is 2.39. The topological polar surface area (TPSA) is 41.5 Å². The van der Waals surface area contributed by atoms with E-state index < -0.39 is 0 Å². The van der Waals surface area contributed by atoms with E-state index in [0.717, 1.165) is 45.2 Å². The summed E-state index contributed by atoms with van der Waals surface area (Å²) in [7, 11) is 0. The maximum absolute atomic E-state index is 5.82. The fraction of sp³-hybridized carbons (Fsp3) is 0.700. The van der Waals surface area contributed by atoms with Crippen molar-refractivity contribution in [3.8, 4) is 0 Å². The Hall–Kier alpha value is -1.24. The second-order valence-corrected chi connectivity index (χ2v) is 8.99. The molecule has 0 radical (unpaired) electrons. The van der Waals surface area contributed by atoms with Crippen molar-refractivity contribution in [1.82, 2.24) is 14.9 Å². The minimum absolute atomic E-state index is 0.457. The molecule has 2 aromatic heterocycles. The molecule has 6 heteroatoms. The zero-order chi connectivity index (χ0) is 17.5. The number of piperazine rings is 1. The summed E-state index contributed by atoms with van der Waals surface area (Å²) < 4.78 is 5.82. The minimum Gasteiger partial charge on any atom is -0.377 e. The van der Waals surface area contributed by atoms with E-state index in [1.54, 1.807) is 10.4 Å². The van der Waals surface area contributed by atoms with Crippen molar-refractivity contribution in [3.05, 3.63) is 16.3 Å². The molecule has 2 fully saturated rings. The van der Waals surface area contributed by atoms with Gasteiger partial charge < -0.3 is 9.64 Å². The molecule has 5 rings (SSSR count). The number of rotatable bonds is 3. The Morgan fingerprint density at radius 2 is 1.92 bits per heavy atom. The van der Waals surface area contributed by atoms with Crippen molar-refractivity contribution < 1.29 is 4.74 Å². The molecule has 3 aliphatic rings. The summed E-state index contributed by atoms with van der Waals surface area (Å²) in [6.07, 6.45) is 7.97. The predicted octanol–water partition coefficient (Wildman–Crippen LogP) is 3.18. The monoisotopic (exact) mass is 372 g/mol. The molecule has 0 bridgehead atoms. The molecular formula is C20H28N4OS. The number of hydrogen-bond donors (Lipinski definition) is 0. The summed E-state index contributed by atoms with van der Waals surface area (Å²) in [5.74, 6) is 2.11. The number of ether oxygens (including phenoxy) is 1. The van der Waals surface area contributed by atoms with Gasteiger partial charge in [-0.1, -0.05) is 0 Å². The van der Waals surface area contributed by atoms with Crippen LogP contribution in [0, 0.1) is 6.92 Å². The summed E-state index contributed by atoms with van der Waals surface area (Å²) in [5.41, 5.74) is 1.55. The summed E-state index contributed by atoms with van der Waals surface area (Å²) >= 11 is 1.91. The maximum Gasteiger partial charge on any atom is 0.141 e. The van der Waals surface area contributed by atoms with Crippen molar-refractivity contribution in [2.45, 2.75) is 51.6 Å². The van der Waals surface area contributed by atoms with Gasteiger partial charge in [0.1, 0.15) is 16.5 Å². The molecule has 0 N–H and O–H groups in total. The van der Waals surface area contributed by atoms with E-state index in [2.05, 4.69) is 9.80 Å². The molecule has 5 nitrogen and oxygen atoms in total. The van der Waals surface area contributed by atoms with Crippen molar-refractivity contribution in [3.63, 3.8) is 0 Å². The Balaban J connectivity index is 1.38. The first-order valence-electron chi connectivity index (χ1n) is 10.2. The molecular weight excluding hydrogens is 344 g/mol. The average Bonchev–Trinajstić information content (AvgIpc) is 3.28. The molecule has 1 aliphatic carbocycles. The second-order valence-electron chi connectivity index (χ2n) is 7.91. The zero-order valence-electron chi connectivity index (χ0n) is 15.7. The Morgan fingerprint density at radius 1 is 1.08 bits per heavy atom. The van der Waals surface area contributed by atoms with E-state index in [4.69, 9.17) is 14.7 Å². The minimum atomic E-state index is 0.457. The van der Waals surface area contributed by atoms with Crippen molar-refractivity contribution in [1.29, 1.82) is 0 Å². The van der Waals surface area contributed by atoms with Gasteiger partial charge in [0, 0.05) is 44.2 Å². The Bertz CT molecular complexity index is 791. The van der Waals surface area contributed by atoms with Crippen LogP contribution in [-0.2, 0) is 17.6 Å². The molecule has 0 saturated carbocycles. The van der Waals surface area contributed by atoms with Crippen LogP contribution in [0.4, 0.5) is 5.82 Å². The van der Waals surface area contributed by atoms with Gasteiger partial charge in [0.25, 0.3) is 0 Å². The maximum atomic E-state index is 5.82. The smallest absolute Gasteiger partial charge is 0.141 e. The van der Waals surface area contributed by atoms with Gasteiger partial charge in [0.2, 0.25) is 0 Å². The highest BCUT2D eigenvalue weighted by molar-refractivity contribution is 7.19. The van der Waals surface area contributed by atoms with Gasteiger partial charge in [-0.05, 0) is 51.0 Å². The normalized spacial score (nSPS) is 24.3. The van der Waals surface area contributed by atoms with Crippen LogP contribution in [0.5, 0.6) is 0 Å². The number of aryl methyl sites for hydroxylation is 3. The van der Waals surface area contributed by atoms with Crippen LogP contribution in [-0.4, -0.2) is 60.3 Å². The number of aromatic nitrogens is 2. The van der Waals surface area contributed by atoms with E-state index in [1.807, 2.05) is 18.3 Å². The van der Waals surface area contributed by atoms with Gasteiger partial charge in [-0.25, -0.2) is 9.97 Å². The number of anilines is 1. The van der Waals surface area contributed by atoms with E-state index >= 15 is 0 Å². The first-order valence-corrected chi connectivity index (χ1v) is 11.0. The standard InChI is InChI=1S/C20H28N4OS/c1-14-21-19(18-16-6-2-3-7-17(16)26-20(18)22-14)24-10-8-23(9-11-24)13-15-5-4-12-25-15/h15H,2-13H2,1H3/t15-/m1/s1. The molecule has 0 unspecified atom stereocenters. The van der Waals surface area contributed by atoms with E-state index in [9.17, 15) is 0 Å². The van der Waals surface area contributed by atoms with Crippen LogP contribution < -0.4 is 4.90 Å². The van der Waals surface area contributed by atoms with Crippen LogP contribution in [0.1, 0.15) is 41.9 Å². The van der Waals surface area contributed by atoms with E-state index in [1.165, 1.54) is 54.6 Å². The Kier molecular flexibility index (Phi) is 4.59. The van der Waals surface area contributed by atoms with Crippen LogP contribution in [0.2, 0.25) is 0 Å². The molecule has 2 saturated heterocycles. The SMILES string of the molecule is Cc1nc(N2CCN(C[C@H]3CCCO3)CC2)c2c3c(sc2n1)CCCC3. The number of fused-ring (bicyclic) bond motifs is 3. The Morgan fingerprint density at radius 3 is 2.73 bits per heavy atom. The molecule has 140 valence electrons. The molecule has 0 aromatic carbocycles. The first kappa shape index (κ1) is 16.9. The van der Waals surface area contributed by atoms with Crippen molar-refractivity contribution in [2.24, 2.45) is 0 Å². The van der Waals surface area contributed by atoms with Gasteiger partial charge in [-0.3, -0.25) is 4.90 Å². The molecule has 4 heterocycles. The summed E-state index contributed by atoms with van der Waals surface area (Å²) in [6, 6.07) is 0.